The minimum absolute atomic E-state index is 0.128. The lowest BCUT2D eigenvalue weighted by Crippen LogP contribution is -2.40. The maximum atomic E-state index is 13.1. The summed E-state index contributed by atoms with van der Waals surface area (Å²) in [6, 6.07) is 0. The Kier molecular flexibility index (Phi) is 7.83. The van der Waals surface area contributed by atoms with E-state index < -0.39 is 5.97 Å². The van der Waals surface area contributed by atoms with Gasteiger partial charge in [0.25, 0.3) is 0 Å². The predicted molar refractivity (Wildman–Crippen MR) is 132 cm³/mol. The highest BCUT2D eigenvalue weighted by Gasteiger charge is 2.44. The summed E-state index contributed by atoms with van der Waals surface area (Å²) in [4.78, 5) is 24.3. The van der Waals surface area contributed by atoms with E-state index in [-0.39, 0.29) is 23.0 Å². The molecule has 0 saturated heterocycles. The molecule has 4 aliphatic carbocycles. The first-order chi connectivity index (χ1) is 15.8. The summed E-state index contributed by atoms with van der Waals surface area (Å²) in [7, 11) is 0. The Bertz CT molecular complexity index is 838. The highest BCUT2D eigenvalue weighted by Crippen LogP contribution is 2.52. The maximum absolute atomic E-state index is 13.1. The summed E-state index contributed by atoms with van der Waals surface area (Å²) >= 11 is 0. The van der Waals surface area contributed by atoms with Crippen LogP contribution in [0.3, 0.4) is 0 Å². The highest BCUT2D eigenvalue weighted by atomic mass is 16.4. The molecule has 3 saturated carbocycles. The van der Waals surface area contributed by atoms with Crippen molar-refractivity contribution in [2.75, 3.05) is 0 Å². The molecule has 0 heterocycles. The summed E-state index contributed by atoms with van der Waals surface area (Å²) in [6.45, 7) is 4.74. The van der Waals surface area contributed by atoms with Gasteiger partial charge in [0.2, 0.25) is 0 Å². The quantitative estimate of drug-likeness (QED) is 0.371. The Labute approximate surface area is 200 Å². The summed E-state index contributed by atoms with van der Waals surface area (Å²) < 4.78 is 0. The summed E-state index contributed by atoms with van der Waals surface area (Å²) in [6.07, 6.45) is 20.2. The average molecular weight is 451 g/mol. The molecule has 4 rings (SSSR count). The van der Waals surface area contributed by atoms with E-state index in [0.717, 1.165) is 51.4 Å². The minimum atomic E-state index is -0.669. The van der Waals surface area contributed by atoms with Crippen molar-refractivity contribution in [3.63, 3.8) is 0 Å². The van der Waals surface area contributed by atoms with Gasteiger partial charge in [-0.25, -0.2) is 0 Å². The molecule has 0 amide bonds. The van der Waals surface area contributed by atoms with E-state index in [4.69, 9.17) is 0 Å². The van der Waals surface area contributed by atoms with Gasteiger partial charge in [-0.1, -0.05) is 57.1 Å². The fourth-order valence-corrected chi connectivity index (χ4v) is 6.84. The number of carboxylic acids is 1. The van der Waals surface area contributed by atoms with Crippen LogP contribution in [0.15, 0.2) is 23.8 Å². The SMILES string of the molecule is CC1(C)CC=C(C#CC2CCCCC2)C2CCC(C(=O)/C=C/C3CCC(C(=O)O)CC3)CC21. The van der Waals surface area contributed by atoms with Crippen molar-refractivity contribution in [3.05, 3.63) is 23.8 Å². The molecule has 3 unspecified atom stereocenters. The van der Waals surface area contributed by atoms with Crippen LogP contribution in [0.1, 0.15) is 97.3 Å². The Balaban J connectivity index is 1.36. The maximum Gasteiger partial charge on any atom is 0.306 e. The number of aliphatic carboxylic acids is 1. The van der Waals surface area contributed by atoms with Gasteiger partial charge >= 0.3 is 5.97 Å². The van der Waals surface area contributed by atoms with Gasteiger partial charge in [-0.05, 0) is 93.5 Å². The Morgan fingerprint density at radius 1 is 0.970 bits per heavy atom. The van der Waals surface area contributed by atoms with Crippen LogP contribution >= 0.6 is 0 Å². The second-order valence-corrected chi connectivity index (χ2v) is 11.9. The van der Waals surface area contributed by atoms with Crippen molar-refractivity contribution < 1.29 is 14.7 Å². The standard InChI is InChI=1S/C30H42O3/c1-30(2)19-18-23(12-8-21-6-4-3-5-7-21)26-16-15-25(20-27(26)30)28(31)17-11-22-9-13-24(14-10-22)29(32)33/h11,17-18,21-22,24-27H,3-7,9-10,13-16,19-20H2,1-2H3,(H,32,33)/b17-11+. The monoisotopic (exact) mass is 450 g/mol. The molecular formula is C30H42O3. The van der Waals surface area contributed by atoms with Crippen LogP contribution in [0.4, 0.5) is 0 Å². The van der Waals surface area contributed by atoms with Crippen LogP contribution in [0.5, 0.6) is 0 Å². The van der Waals surface area contributed by atoms with Crippen molar-refractivity contribution in [3.8, 4) is 11.8 Å². The summed E-state index contributed by atoms with van der Waals surface area (Å²) in [5.74, 6) is 8.78. The molecule has 33 heavy (non-hydrogen) atoms. The number of ketones is 1. The zero-order valence-electron chi connectivity index (χ0n) is 20.7. The van der Waals surface area contributed by atoms with Crippen LogP contribution in [0, 0.1) is 52.8 Å². The summed E-state index contributed by atoms with van der Waals surface area (Å²) in [5, 5.41) is 9.18. The fourth-order valence-electron chi connectivity index (χ4n) is 6.84. The van der Waals surface area contributed by atoms with Gasteiger partial charge in [0.15, 0.2) is 5.78 Å². The number of allylic oxidation sites excluding steroid dienone is 4. The molecule has 3 heteroatoms. The van der Waals surface area contributed by atoms with Gasteiger partial charge in [-0.15, -0.1) is 0 Å². The van der Waals surface area contributed by atoms with Crippen molar-refractivity contribution >= 4 is 11.8 Å². The first kappa shape index (κ1) is 24.3. The van der Waals surface area contributed by atoms with Gasteiger partial charge in [-0.3, -0.25) is 9.59 Å². The molecule has 0 bridgehead atoms. The van der Waals surface area contributed by atoms with Crippen molar-refractivity contribution in [1.82, 2.24) is 0 Å². The normalized spacial score (nSPS) is 34.6. The van der Waals surface area contributed by atoms with Crippen LogP contribution < -0.4 is 0 Å². The molecule has 0 aromatic rings. The molecule has 3 fully saturated rings. The molecule has 0 aliphatic heterocycles. The predicted octanol–water partition coefficient (Wildman–Crippen LogP) is 6.98. The van der Waals surface area contributed by atoms with Gasteiger partial charge < -0.3 is 5.11 Å². The van der Waals surface area contributed by atoms with Crippen LogP contribution in [0.25, 0.3) is 0 Å². The van der Waals surface area contributed by atoms with Gasteiger partial charge in [-0.2, -0.15) is 0 Å². The molecule has 0 spiro atoms. The third kappa shape index (κ3) is 6.00. The smallest absolute Gasteiger partial charge is 0.306 e. The number of carbonyl (C=O) groups is 2. The lowest BCUT2D eigenvalue weighted by molar-refractivity contribution is -0.143. The zero-order chi connectivity index (χ0) is 23.4. The number of hydrogen-bond acceptors (Lipinski definition) is 2. The molecule has 0 aromatic heterocycles. The zero-order valence-corrected chi connectivity index (χ0v) is 20.7. The second kappa shape index (κ2) is 10.6. The molecule has 0 radical (unpaired) electrons. The number of hydrogen-bond donors (Lipinski definition) is 1. The average Bonchev–Trinajstić information content (AvgIpc) is 2.83. The number of carboxylic acid groups (broad SMARTS) is 1. The molecule has 3 nitrogen and oxygen atoms in total. The van der Waals surface area contributed by atoms with Crippen molar-refractivity contribution in [2.24, 2.45) is 40.9 Å². The first-order valence-electron chi connectivity index (χ1n) is 13.5. The summed E-state index contributed by atoms with van der Waals surface area (Å²) in [5.41, 5.74) is 1.58. The lowest BCUT2D eigenvalue weighted by atomic mass is 9.57. The van der Waals surface area contributed by atoms with E-state index in [1.807, 2.05) is 6.08 Å². The Hall–Kier alpha value is -1.82. The van der Waals surface area contributed by atoms with Crippen LogP contribution in [0.2, 0.25) is 0 Å². The third-order valence-electron chi connectivity index (χ3n) is 9.18. The van der Waals surface area contributed by atoms with Crippen molar-refractivity contribution in [1.29, 1.82) is 0 Å². The highest BCUT2D eigenvalue weighted by molar-refractivity contribution is 5.91. The van der Waals surface area contributed by atoms with E-state index in [0.29, 0.717) is 23.7 Å². The second-order valence-electron chi connectivity index (χ2n) is 11.9. The minimum Gasteiger partial charge on any atom is -0.481 e. The lowest BCUT2D eigenvalue weighted by Gasteiger charge is -2.47. The Morgan fingerprint density at radius 2 is 1.67 bits per heavy atom. The topological polar surface area (TPSA) is 54.4 Å². The first-order valence-corrected chi connectivity index (χ1v) is 13.5. The van der Waals surface area contributed by atoms with Crippen LogP contribution in [-0.2, 0) is 9.59 Å². The fraction of sp³-hybridized carbons (Fsp3) is 0.733. The number of fused-ring (bicyclic) bond motifs is 1. The van der Waals surface area contributed by atoms with Gasteiger partial charge in [0.1, 0.15) is 0 Å². The van der Waals surface area contributed by atoms with Crippen molar-refractivity contribution in [2.45, 2.75) is 97.3 Å². The molecule has 1 N–H and O–H groups in total. The van der Waals surface area contributed by atoms with E-state index in [9.17, 15) is 14.7 Å². The number of carbonyl (C=O) groups excluding carboxylic acids is 1. The molecule has 4 aliphatic rings. The molecular weight excluding hydrogens is 408 g/mol. The number of rotatable bonds is 4. The van der Waals surface area contributed by atoms with E-state index in [1.165, 1.54) is 37.7 Å². The molecule has 3 atom stereocenters. The van der Waals surface area contributed by atoms with Gasteiger partial charge in [0, 0.05) is 17.4 Å². The van der Waals surface area contributed by atoms with E-state index in [1.54, 1.807) is 0 Å². The van der Waals surface area contributed by atoms with E-state index in [2.05, 4.69) is 37.8 Å². The Morgan fingerprint density at radius 3 is 2.36 bits per heavy atom. The van der Waals surface area contributed by atoms with E-state index >= 15 is 0 Å². The largest absolute Gasteiger partial charge is 0.481 e. The molecule has 180 valence electrons. The van der Waals surface area contributed by atoms with Gasteiger partial charge in [0.05, 0.1) is 5.92 Å². The third-order valence-corrected chi connectivity index (χ3v) is 9.18. The van der Waals surface area contributed by atoms with Crippen LogP contribution in [-0.4, -0.2) is 16.9 Å². The molecule has 0 aromatic carbocycles.